The van der Waals surface area contributed by atoms with Crippen LogP contribution in [-0.4, -0.2) is 42.1 Å². The molecule has 11 heteroatoms. The molecule has 0 radical (unpaired) electrons. The van der Waals surface area contributed by atoms with Crippen molar-refractivity contribution in [2.75, 3.05) is 31.2 Å². The standard InChI is InChI=1S/C17H14ClN3O7/c18-14-10-12(21(25)26)2-4-16(14)28-17(22)13-9-11(20(23)24)1-3-15(13)19-5-7-27-8-6-19/h1-4,9-10H,5-8H2. The second-order valence-corrected chi connectivity index (χ2v) is 6.23. The Labute approximate surface area is 163 Å². The molecule has 28 heavy (non-hydrogen) atoms. The molecular formula is C17H14ClN3O7. The SMILES string of the molecule is O=C(Oc1ccc([N+](=O)[O-])cc1Cl)c1cc([N+](=O)[O-])ccc1N1CCOCC1. The molecule has 2 aromatic carbocycles. The third kappa shape index (κ3) is 4.18. The summed E-state index contributed by atoms with van der Waals surface area (Å²) in [6.07, 6.45) is 0. The quantitative estimate of drug-likeness (QED) is 0.320. The van der Waals surface area contributed by atoms with Gasteiger partial charge in [0.05, 0.1) is 39.3 Å². The highest BCUT2D eigenvalue weighted by Gasteiger charge is 2.24. The van der Waals surface area contributed by atoms with E-state index < -0.39 is 15.8 Å². The van der Waals surface area contributed by atoms with Gasteiger partial charge in [-0.15, -0.1) is 0 Å². The van der Waals surface area contributed by atoms with Crippen molar-refractivity contribution in [1.82, 2.24) is 0 Å². The van der Waals surface area contributed by atoms with Gasteiger partial charge in [-0.05, 0) is 12.1 Å². The molecule has 0 bridgehead atoms. The largest absolute Gasteiger partial charge is 0.421 e. The molecule has 1 aliphatic rings. The monoisotopic (exact) mass is 407 g/mol. The smallest absolute Gasteiger partial charge is 0.345 e. The number of benzene rings is 2. The third-order valence-electron chi connectivity index (χ3n) is 4.09. The van der Waals surface area contributed by atoms with Crippen molar-refractivity contribution < 1.29 is 24.1 Å². The van der Waals surface area contributed by atoms with Crippen molar-refractivity contribution in [2.24, 2.45) is 0 Å². The number of non-ortho nitro benzene ring substituents is 2. The Hall–Kier alpha value is -3.24. The predicted molar refractivity (Wildman–Crippen MR) is 99.2 cm³/mol. The van der Waals surface area contributed by atoms with Crippen LogP contribution in [0.1, 0.15) is 10.4 Å². The van der Waals surface area contributed by atoms with E-state index in [9.17, 15) is 25.0 Å². The first kappa shape index (κ1) is 19.5. The highest BCUT2D eigenvalue weighted by Crippen LogP contribution is 2.32. The lowest BCUT2D eigenvalue weighted by Gasteiger charge is -2.30. The van der Waals surface area contributed by atoms with Gasteiger partial charge in [0, 0.05) is 37.4 Å². The fourth-order valence-electron chi connectivity index (χ4n) is 2.72. The molecule has 0 N–H and O–H groups in total. The van der Waals surface area contributed by atoms with E-state index in [0.29, 0.717) is 32.0 Å². The summed E-state index contributed by atoms with van der Waals surface area (Å²) in [5, 5.41) is 21.8. The Morgan fingerprint density at radius 3 is 2.25 bits per heavy atom. The van der Waals surface area contributed by atoms with Crippen LogP contribution < -0.4 is 9.64 Å². The second-order valence-electron chi connectivity index (χ2n) is 5.82. The van der Waals surface area contributed by atoms with Crippen LogP contribution in [0.25, 0.3) is 0 Å². The molecule has 3 rings (SSSR count). The number of carbonyl (C=O) groups excluding carboxylic acids is 1. The van der Waals surface area contributed by atoms with Crippen molar-refractivity contribution in [3.8, 4) is 5.75 Å². The van der Waals surface area contributed by atoms with Gasteiger partial charge in [-0.2, -0.15) is 0 Å². The van der Waals surface area contributed by atoms with Crippen LogP contribution in [0, 0.1) is 20.2 Å². The minimum atomic E-state index is -0.860. The molecule has 1 aliphatic heterocycles. The van der Waals surface area contributed by atoms with Gasteiger partial charge in [0.15, 0.2) is 0 Å². The first-order chi connectivity index (χ1) is 13.4. The number of anilines is 1. The van der Waals surface area contributed by atoms with Gasteiger partial charge in [0.1, 0.15) is 5.75 Å². The Kier molecular flexibility index (Phi) is 5.71. The first-order valence-corrected chi connectivity index (χ1v) is 8.52. The number of nitro groups is 2. The van der Waals surface area contributed by atoms with Gasteiger partial charge in [0.25, 0.3) is 11.4 Å². The van der Waals surface area contributed by atoms with Gasteiger partial charge < -0.3 is 14.4 Å². The number of carbonyl (C=O) groups is 1. The van der Waals surface area contributed by atoms with Crippen LogP contribution in [0.15, 0.2) is 36.4 Å². The van der Waals surface area contributed by atoms with Crippen LogP contribution >= 0.6 is 11.6 Å². The van der Waals surface area contributed by atoms with Crippen LogP contribution in [0.4, 0.5) is 17.1 Å². The molecule has 0 saturated carbocycles. The zero-order chi connectivity index (χ0) is 20.3. The van der Waals surface area contributed by atoms with Crippen molar-refractivity contribution in [3.05, 3.63) is 67.2 Å². The Morgan fingerprint density at radius 1 is 1.04 bits per heavy atom. The van der Waals surface area contributed by atoms with Crippen molar-refractivity contribution >= 4 is 34.6 Å². The number of esters is 1. The molecule has 1 fully saturated rings. The van der Waals surface area contributed by atoms with E-state index in [1.54, 1.807) is 0 Å². The zero-order valence-electron chi connectivity index (χ0n) is 14.4. The maximum Gasteiger partial charge on any atom is 0.345 e. The molecule has 146 valence electrons. The van der Waals surface area contributed by atoms with E-state index in [4.69, 9.17) is 21.1 Å². The number of hydrogen-bond donors (Lipinski definition) is 0. The summed E-state index contributed by atoms with van der Waals surface area (Å²) in [4.78, 5) is 35.2. The molecule has 0 unspecified atom stereocenters. The Bertz CT molecular complexity index is 944. The number of halogens is 1. The summed E-state index contributed by atoms with van der Waals surface area (Å²) in [5.41, 5.74) is -0.0598. The average molecular weight is 408 g/mol. The molecule has 0 atom stereocenters. The van der Waals surface area contributed by atoms with Crippen molar-refractivity contribution in [2.45, 2.75) is 0 Å². The van der Waals surface area contributed by atoms with Gasteiger partial charge in [0.2, 0.25) is 0 Å². The number of nitrogens with zero attached hydrogens (tertiary/aromatic N) is 3. The van der Waals surface area contributed by atoms with E-state index in [-0.39, 0.29) is 27.7 Å². The number of ether oxygens (including phenoxy) is 2. The predicted octanol–water partition coefficient (Wildman–Crippen LogP) is 3.21. The van der Waals surface area contributed by atoms with Crippen molar-refractivity contribution in [3.63, 3.8) is 0 Å². The molecule has 10 nitrogen and oxygen atoms in total. The molecule has 1 saturated heterocycles. The Morgan fingerprint density at radius 2 is 1.64 bits per heavy atom. The first-order valence-electron chi connectivity index (χ1n) is 8.14. The number of hydrogen-bond acceptors (Lipinski definition) is 8. The highest BCUT2D eigenvalue weighted by atomic mass is 35.5. The maximum atomic E-state index is 12.7. The van der Waals surface area contributed by atoms with Crippen LogP contribution in [0.2, 0.25) is 5.02 Å². The molecule has 0 amide bonds. The summed E-state index contributed by atoms with van der Waals surface area (Å²) in [6, 6.07) is 7.32. The summed E-state index contributed by atoms with van der Waals surface area (Å²) < 4.78 is 10.5. The second kappa shape index (κ2) is 8.19. The topological polar surface area (TPSA) is 125 Å². The minimum absolute atomic E-state index is 0.00878. The van der Waals surface area contributed by atoms with Gasteiger partial charge in [-0.3, -0.25) is 20.2 Å². The molecule has 1 heterocycles. The van der Waals surface area contributed by atoms with E-state index in [0.717, 1.165) is 18.2 Å². The lowest BCUT2D eigenvalue weighted by atomic mass is 10.1. The molecule has 0 spiro atoms. The summed E-state index contributed by atoms with van der Waals surface area (Å²) in [5.74, 6) is -0.947. The zero-order valence-corrected chi connectivity index (χ0v) is 15.1. The molecule has 0 aromatic heterocycles. The lowest BCUT2D eigenvalue weighted by Crippen LogP contribution is -2.37. The number of rotatable bonds is 5. The van der Waals surface area contributed by atoms with E-state index in [2.05, 4.69) is 0 Å². The lowest BCUT2D eigenvalue weighted by molar-refractivity contribution is -0.385. The molecule has 0 aliphatic carbocycles. The van der Waals surface area contributed by atoms with Gasteiger partial charge in [-0.25, -0.2) is 4.79 Å². The molecule has 2 aromatic rings. The fraction of sp³-hybridized carbons (Fsp3) is 0.235. The van der Waals surface area contributed by atoms with Crippen molar-refractivity contribution in [1.29, 1.82) is 0 Å². The summed E-state index contributed by atoms with van der Waals surface area (Å²) >= 11 is 5.96. The van der Waals surface area contributed by atoms with Gasteiger partial charge >= 0.3 is 5.97 Å². The maximum absolute atomic E-state index is 12.7. The van der Waals surface area contributed by atoms with Crippen LogP contribution in [0.5, 0.6) is 5.75 Å². The molecular weight excluding hydrogens is 394 g/mol. The fourth-order valence-corrected chi connectivity index (χ4v) is 2.94. The van der Waals surface area contributed by atoms with Crippen LogP contribution in [0.3, 0.4) is 0 Å². The normalized spacial score (nSPS) is 13.8. The van der Waals surface area contributed by atoms with E-state index in [1.807, 2.05) is 4.90 Å². The summed E-state index contributed by atoms with van der Waals surface area (Å²) in [7, 11) is 0. The third-order valence-corrected chi connectivity index (χ3v) is 4.39. The highest BCUT2D eigenvalue weighted by molar-refractivity contribution is 6.32. The van der Waals surface area contributed by atoms with E-state index >= 15 is 0 Å². The van der Waals surface area contributed by atoms with Gasteiger partial charge in [-0.1, -0.05) is 11.6 Å². The average Bonchev–Trinajstić information content (AvgIpc) is 2.69. The Balaban J connectivity index is 1.94. The van der Waals surface area contributed by atoms with E-state index in [1.165, 1.54) is 18.2 Å². The number of nitro benzene ring substituents is 2. The summed E-state index contributed by atoms with van der Waals surface area (Å²) in [6.45, 7) is 1.94. The number of morpholine rings is 1. The minimum Gasteiger partial charge on any atom is -0.421 e. The van der Waals surface area contributed by atoms with Crippen LogP contribution in [-0.2, 0) is 4.74 Å².